The largest absolute Gasteiger partial charge is 0.409 e. The molecule has 0 bridgehead atoms. The molecule has 6 nitrogen and oxygen atoms in total. The highest BCUT2D eigenvalue weighted by molar-refractivity contribution is 6.05. The number of amidine groups is 1. The number of urea groups is 1. The molecule has 0 saturated carbocycles. The van der Waals surface area contributed by atoms with Crippen molar-refractivity contribution < 1.29 is 14.4 Å². The van der Waals surface area contributed by atoms with Gasteiger partial charge in [0, 0.05) is 6.54 Å². The van der Waals surface area contributed by atoms with Gasteiger partial charge in [-0.05, 0) is 19.1 Å². The minimum atomic E-state index is -0.686. The number of oxime groups is 1. The van der Waals surface area contributed by atoms with E-state index in [2.05, 4.69) is 15.8 Å². The van der Waals surface area contributed by atoms with Gasteiger partial charge in [0.05, 0.1) is 11.3 Å². The number of carbonyl (C=O) groups excluding carboxylic acids is 1. The molecule has 0 atom stereocenters. The SMILES string of the molecule is CCNC(=O)Nc1cccc(F)c1/C(N)=N/O. The molecule has 0 radical (unpaired) electrons. The monoisotopic (exact) mass is 240 g/mol. The number of carbonyl (C=O) groups is 1. The molecule has 0 saturated heterocycles. The first kappa shape index (κ1) is 12.8. The Morgan fingerprint density at radius 3 is 2.88 bits per heavy atom. The van der Waals surface area contributed by atoms with Crippen molar-refractivity contribution in [2.24, 2.45) is 10.9 Å². The van der Waals surface area contributed by atoms with E-state index in [4.69, 9.17) is 10.9 Å². The summed E-state index contributed by atoms with van der Waals surface area (Å²) in [6.07, 6.45) is 0. The van der Waals surface area contributed by atoms with Gasteiger partial charge >= 0.3 is 6.03 Å². The van der Waals surface area contributed by atoms with E-state index in [-0.39, 0.29) is 11.3 Å². The van der Waals surface area contributed by atoms with E-state index in [0.29, 0.717) is 6.54 Å². The number of hydrogen-bond acceptors (Lipinski definition) is 3. The van der Waals surface area contributed by atoms with Crippen LogP contribution in [0.1, 0.15) is 12.5 Å². The van der Waals surface area contributed by atoms with Crippen LogP contribution in [0.4, 0.5) is 14.9 Å². The van der Waals surface area contributed by atoms with E-state index < -0.39 is 17.7 Å². The number of hydrogen-bond donors (Lipinski definition) is 4. The lowest BCUT2D eigenvalue weighted by molar-refractivity contribution is 0.252. The first-order valence-corrected chi connectivity index (χ1v) is 4.91. The van der Waals surface area contributed by atoms with Crippen LogP contribution in [0.25, 0.3) is 0 Å². The van der Waals surface area contributed by atoms with Crippen LogP contribution < -0.4 is 16.4 Å². The number of rotatable bonds is 3. The lowest BCUT2D eigenvalue weighted by Gasteiger charge is -2.10. The summed E-state index contributed by atoms with van der Waals surface area (Å²) in [7, 11) is 0. The van der Waals surface area contributed by atoms with Gasteiger partial charge in [0.25, 0.3) is 0 Å². The number of nitrogens with two attached hydrogens (primary N) is 1. The topological polar surface area (TPSA) is 99.7 Å². The predicted octanol–water partition coefficient (Wildman–Crippen LogP) is 1.06. The smallest absolute Gasteiger partial charge is 0.319 e. The molecule has 7 heteroatoms. The minimum Gasteiger partial charge on any atom is -0.409 e. The summed E-state index contributed by atoms with van der Waals surface area (Å²) in [6, 6.07) is 3.51. The fraction of sp³-hybridized carbons (Fsp3) is 0.200. The molecule has 17 heavy (non-hydrogen) atoms. The molecule has 0 unspecified atom stereocenters. The van der Waals surface area contributed by atoms with Crippen LogP contribution in [0.15, 0.2) is 23.4 Å². The molecule has 0 aromatic heterocycles. The fourth-order valence-electron chi connectivity index (χ4n) is 1.27. The van der Waals surface area contributed by atoms with E-state index in [0.717, 1.165) is 6.07 Å². The molecule has 5 N–H and O–H groups in total. The molecular formula is C10H13FN4O2. The van der Waals surface area contributed by atoms with Crippen molar-refractivity contribution >= 4 is 17.6 Å². The maximum absolute atomic E-state index is 13.5. The Labute approximate surface area is 97.3 Å². The average molecular weight is 240 g/mol. The maximum Gasteiger partial charge on any atom is 0.319 e. The normalized spacial score (nSPS) is 11.1. The summed E-state index contributed by atoms with van der Waals surface area (Å²) in [5.74, 6) is -1.09. The number of halogens is 1. The Hall–Kier alpha value is -2.31. The van der Waals surface area contributed by atoms with Gasteiger partial charge in [0.1, 0.15) is 5.82 Å². The molecular weight excluding hydrogens is 227 g/mol. The van der Waals surface area contributed by atoms with Gasteiger partial charge in [0.15, 0.2) is 5.84 Å². The first-order chi connectivity index (χ1) is 8.10. The van der Waals surface area contributed by atoms with Crippen molar-refractivity contribution in [1.29, 1.82) is 0 Å². The van der Waals surface area contributed by atoms with Crippen LogP contribution in [0.2, 0.25) is 0 Å². The van der Waals surface area contributed by atoms with Crippen LogP contribution in [-0.2, 0) is 0 Å². The van der Waals surface area contributed by atoms with Crippen LogP contribution in [0.5, 0.6) is 0 Å². The maximum atomic E-state index is 13.5. The Kier molecular flexibility index (Phi) is 4.27. The Morgan fingerprint density at radius 1 is 1.59 bits per heavy atom. The van der Waals surface area contributed by atoms with Crippen molar-refractivity contribution in [2.45, 2.75) is 6.92 Å². The fourth-order valence-corrected chi connectivity index (χ4v) is 1.27. The van der Waals surface area contributed by atoms with E-state index in [1.54, 1.807) is 6.92 Å². The number of nitrogens with one attached hydrogen (secondary N) is 2. The molecule has 0 heterocycles. The van der Waals surface area contributed by atoms with Crippen LogP contribution in [-0.4, -0.2) is 23.6 Å². The van der Waals surface area contributed by atoms with Crippen molar-refractivity contribution in [3.05, 3.63) is 29.6 Å². The second kappa shape index (κ2) is 5.69. The van der Waals surface area contributed by atoms with Gasteiger partial charge in [-0.3, -0.25) is 0 Å². The van der Waals surface area contributed by atoms with E-state index in [1.165, 1.54) is 12.1 Å². The van der Waals surface area contributed by atoms with Gasteiger partial charge in [-0.15, -0.1) is 0 Å². The number of nitrogens with zero attached hydrogens (tertiary/aromatic N) is 1. The van der Waals surface area contributed by atoms with Crippen LogP contribution in [0.3, 0.4) is 0 Å². The quantitative estimate of drug-likeness (QED) is 0.275. The zero-order valence-corrected chi connectivity index (χ0v) is 9.20. The first-order valence-electron chi connectivity index (χ1n) is 4.91. The Morgan fingerprint density at radius 2 is 2.29 bits per heavy atom. The lowest BCUT2D eigenvalue weighted by Crippen LogP contribution is -2.29. The number of amides is 2. The van der Waals surface area contributed by atoms with Gasteiger partial charge in [0.2, 0.25) is 0 Å². The Bertz CT molecular complexity index is 448. The molecule has 92 valence electrons. The third-order valence-corrected chi connectivity index (χ3v) is 1.96. The average Bonchev–Trinajstić information content (AvgIpc) is 2.28. The highest BCUT2D eigenvalue weighted by Gasteiger charge is 2.14. The van der Waals surface area contributed by atoms with E-state index in [9.17, 15) is 9.18 Å². The highest BCUT2D eigenvalue weighted by Crippen LogP contribution is 2.18. The van der Waals surface area contributed by atoms with Crippen molar-refractivity contribution in [1.82, 2.24) is 5.32 Å². The van der Waals surface area contributed by atoms with Crippen LogP contribution in [0, 0.1) is 5.82 Å². The molecule has 1 aromatic carbocycles. The van der Waals surface area contributed by atoms with Crippen LogP contribution >= 0.6 is 0 Å². The van der Waals surface area contributed by atoms with Gasteiger partial charge in [-0.1, -0.05) is 11.2 Å². The molecule has 1 aromatic rings. The predicted molar refractivity (Wildman–Crippen MR) is 61.6 cm³/mol. The molecule has 0 aliphatic carbocycles. The van der Waals surface area contributed by atoms with E-state index >= 15 is 0 Å². The zero-order valence-electron chi connectivity index (χ0n) is 9.20. The highest BCUT2D eigenvalue weighted by atomic mass is 19.1. The summed E-state index contributed by atoms with van der Waals surface area (Å²) in [5.41, 5.74) is 5.31. The van der Waals surface area contributed by atoms with Crippen molar-refractivity contribution in [2.75, 3.05) is 11.9 Å². The summed E-state index contributed by atoms with van der Waals surface area (Å²) >= 11 is 0. The molecule has 0 aliphatic rings. The number of anilines is 1. The van der Waals surface area contributed by atoms with Gasteiger partial charge < -0.3 is 21.6 Å². The molecule has 0 spiro atoms. The third kappa shape index (κ3) is 3.07. The summed E-state index contributed by atoms with van der Waals surface area (Å²) in [4.78, 5) is 11.3. The van der Waals surface area contributed by atoms with E-state index in [1.807, 2.05) is 0 Å². The third-order valence-electron chi connectivity index (χ3n) is 1.96. The second-order valence-electron chi connectivity index (χ2n) is 3.13. The molecule has 0 aliphatic heterocycles. The minimum absolute atomic E-state index is 0.131. The van der Waals surface area contributed by atoms with Crippen molar-refractivity contribution in [3.8, 4) is 0 Å². The Balaban J connectivity index is 3.07. The van der Waals surface area contributed by atoms with Gasteiger partial charge in [-0.2, -0.15) is 0 Å². The molecule has 0 fully saturated rings. The summed E-state index contributed by atoms with van der Waals surface area (Å²) in [5, 5.41) is 16.1. The molecule has 2 amide bonds. The standard InChI is InChI=1S/C10H13FN4O2/c1-2-13-10(16)14-7-5-3-4-6(11)8(7)9(12)15-17/h3-5,17H,2H2,1H3,(H2,12,15)(H2,13,14,16). The lowest BCUT2D eigenvalue weighted by atomic mass is 10.1. The second-order valence-corrected chi connectivity index (χ2v) is 3.13. The zero-order chi connectivity index (χ0) is 12.8. The number of benzene rings is 1. The summed E-state index contributed by atoms with van der Waals surface area (Å²) in [6.45, 7) is 2.18. The molecule has 1 rings (SSSR count). The van der Waals surface area contributed by atoms with Crippen molar-refractivity contribution in [3.63, 3.8) is 0 Å². The van der Waals surface area contributed by atoms with Gasteiger partial charge in [-0.25, -0.2) is 9.18 Å². The summed E-state index contributed by atoms with van der Waals surface area (Å²) < 4.78 is 13.5.